The number of hydrogen-bond donors (Lipinski definition) is 2. The van der Waals surface area contributed by atoms with E-state index in [-0.39, 0.29) is 28.6 Å². The van der Waals surface area contributed by atoms with E-state index in [0.29, 0.717) is 18.5 Å². The molecule has 0 saturated carbocycles. The molecule has 8 heteroatoms. The molecule has 0 spiro atoms. The molecule has 0 saturated heterocycles. The third-order valence-electron chi connectivity index (χ3n) is 3.82. The van der Waals surface area contributed by atoms with E-state index in [4.69, 9.17) is 4.42 Å². The van der Waals surface area contributed by atoms with Crippen molar-refractivity contribution in [2.75, 3.05) is 6.54 Å². The zero-order chi connectivity index (χ0) is 20.2. The van der Waals surface area contributed by atoms with Gasteiger partial charge in [-0.25, -0.2) is 4.79 Å². The summed E-state index contributed by atoms with van der Waals surface area (Å²) in [4.78, 5) is 23.3. The molecule has 0 bridgehead atoms. The molecule has 0 aliphatic heterocycles. The molecule has 1 aromatic heterocycles. The number of benzene rings is 1. The predicted octanol–water partition coefficient (Wildman–Crippen LogP) is 4.38. The first kappa shape index (κ1) is 20.3. The van der Waals surface area contributed by atoms with Crippen LogP contribution in [0.1, 0.15) is 41.1 Å². The topological polar surface area (TPSA) is 79.5 Å². The van der Waals surface area contributed by atoms with Crippen LogP contribution in [-0.2, 0) is 17.4 Å². The van der Waals surface area contributed by atoms with E-state index >= 15 is 0 Å². The minimum absolute atomic E-state index is 0.0522. The van der Waals surface area contributed by atoms with E-state index in [1.54, 1.807) is 13.8 Å². The van der Waals surface area contributed by atoms with Crippen molar-refractivity contribution < 1.29 is 32.3 Å². The van der Waals surface area contributed by atoms with Crippen molar-refractivity contribution in [2.24, 2.45) is 0 Å². The molecular formula is C19H18F3NO4. The van der Waals surface area contributed by atoms with E-state index in [1.807, 2.05) is 0 Å². The van der Waals surface area contributed by atoms with Crippen LogP contribution in [0.4, 0.5) is 13.2 Å². The number of amides is 1. The van der Waals surface area contributed by atoms with Crippen LogP contribution in [0.25, 0.3) is 17.4 Å². The lowest BCUT2D eigenvalue weighted by Gasteiger charge is -2.07. The fourth-order valence-corrected chi connectivity index (χ4v) is 2.59. The van der Waals surface area contributed by atoms with Gasteiger partial charge in [0.1, 0.15) is 17.1 Å². The highest BCUT2D eigenvalue weighted by molar-refractivity contribution is 5.98. The molecule has 2 rings (SSSR count). The number of rotatable bonds is 6. The first-order valence-electron chi connectivity index (χ1n) is 8.21. The molecule has 2 N–H and O–H groups in total. The van der Waals surface area contributed by atoms with Gasteiger partial charge in [-0.2, -0.15) is 13.2 Å². The minimum atomic E-state index is -4.49. The van der Waals surface area contributed by atoms with Gasteiger partial charge >= 0.3 is 12.1 Å². The van der Waals surface area contributed by atoms with Gasteiger partial charge < -0.3 is 14.8 Å². The second kappa shape index (κ2) is 8.11. The average molecular weight is 381 g/mol. The zero-order valence-electron chi connectivity index (χ0n) is 14.7. The molecule has 0 aliphatic carbocycles. The van der Waals surface area contributed by atoms with Crippen molar-refractivity contribution in [2.45, 2.75) is 26.4 Å². The Morgan fingerprint density at radius 3 is 2.30 bits per heavy atom. The molecule has 2 aromatic rings. The first-order chi connectivity index (χ1) is 12.7. The van der Waals surface area contributed by atoms with Gasteiger partial charge in [0.15, 0.2) is 0 Å². The molecule has 0 fully saturated rings. The molecule has 144 valence electrons. The molecule has 0 unspecified atom stereocenters. The van der Waals surface area contributed by atoms with Crippen molar-refractivity contribution in [1.29, 1.82) is 0 Å². The number of aromatic carboxylic acids is 1. The molecule has 5 nitrogen and oxygen atoms in total. The van der Waals surface area contributed by atoms with E-state index in [9.17, 15) is 27.9 Å². The number of nitrogens with one attached hydrogen (secondary N) is 1. The Labute approximate surface area is 153 Å². The number of carboxylic acid groups (broad SMARTS) is 1. The van der Waals surface area contributed by atoms with Crippen molar-refractivity contribution in [3.8, 4) is 11.3 Å². The van der Waals surface area contributed by atoms with Crippen molar-refractivity contribution in [3.05, 3.63) is 52.8 Å². The van der Waals surface area contributed by atoms with Gasteiger partial charge in [0.05, 0.1) is 5.56 Å². The highest BCUT2D eigenvalue weighted by Gasteiger charge is 2.31. The van der Waals surface area contributed by atoms with Crippen LogP contribution < -0.4 is 5.32 Å². The largest absolute Gasteiger partial charge is 0.478 e. The Morgan fingerprint density at radius 2 is 1.81 bits per heavy atom. The molecule has 0 aliphatic rings. The van der Waals surface area contributed by atoms with Gasteiger partial charge in [-0.3, -0.25) is 4.79 Å². The highest BCUT2D eigenvalue weighted by Crippen LogP contribution is 2.35. The maximum Gasteiger partial charge on any atom is 0.416 e. The summed E-state index contributed by atoms with van der Waals surface area (Å²) in [5.74, 6) is -1.51. The second-order valence-electron chi connectivity index (χ2n) is 5.61. The standard InChI is InChI=1S/C19H18F3NO4/c1-3-13-14(9-10-15(24)23-4-2)27-17(16(13)18(25)26)11-5-7-12(8-6-11)19(20,21)22/h5-10H,3-4H2,1-2H3,(H,23,24)(H,25,26)/b10-9+. The van der Waals surface area contributed by atoms with Gasteiger partial charge in [0, 0.05) is 23.7 Å². The maximum atomic E-state index is 12.7. The van der Waals surface area contributed by atoms with Crippen molar-refractivity contribution >= 4 is 18.0 Å². The Hall–Kier alpha value is -3.03. The normalized spacial score (nSPS) is 11.7. The number of halogens is 3. The van der Waals surface area contributed by atoms with Crippen LogP contribution in [0, 0.1) is 0 Å². The first-order valence-corrected chi connectivity index (χ1v) is 8.21. The third-order valence-corrected chi connectivity index (χ3v) is 3.82. The van der Waals surface area contributed by atoms with E-state index < -0.39 is 17.7 Å². The number of hydrogen-bond acceptors (Lipinski definition) is 3. The fraction of sp³-hybridized carbons (Fsp3) is 0.263. The maximum absolute atomic E-state index is 12.7. The lowest BCUT2D eigenvalue weighted by Crippen LogP contribution is -2.19. The van der Waals surface area contributed by atoms with Crippen LogP contribution >= 0.6 is 0 Å². The quantitative estimate of drug-likeness (QED) is 0.728. The monoisotopic (exact) mass is 381 g/mol. The summed E-state index contributed by atoms with van der Waals surface area (Å²) in [5.41, 5.74) is -0.416. The molecule has 1 aromatic carbocycles. The van der Waals surface area contributed by atoms with Crippen molar-refractivity contribution in [3.63, 3.8) is 0 Å². The third kappa shape index (κ3) is 4.58. The van der Waals surface area contributed by atoms with Crippen LogP contribution in [0.3, 0.4) is 0 Å². The summed E-state index contributed by atoms with van der Waals surface area (Å²) in [6.07, 6.45) is -1.62. The number of carbonyl (C=O) groups excluding carboxylic acids is 1. The summed E-state index contributed by atoms with van der Waals surface area (Å²) in [5, 5.41) is 12.1. The van der Waals surface area contributed by atoms with Crippen LogP contribution in [0.2, 0.25) is 0 Å². The van der Waals surface area contributed by atoms with Gasteiger partial charge in [-0.15, -0.1) is 0 Å². The summed E-state index contributed by atoms with van der Waals surface area (Å²) in [6.45, 7) is 3.90. The lowest BCUT2D eigenvalue weighted by atomic mass is 10.0. The molecule has 0 atom stereocenters. The predicted molar refractivity (Wildman–Crippen MR) is 93.2 cm³/mol. The lowest BCUT2D eigenvalue weighted by molar-refractivity contribution is -0.137. The fourth-order valence-electron chi connectivity index (χ4n) is 2.59. The summed E-state index contributed by atoms with van der Waals surface area (Å²) < 4.78 is 43.8. The number of carboxylic acids is 1. The number of furan rings is 1. The van der Waals surface area contributed by atoms with E-state index in [2.05, 4.69) is 5.32 Å². The zero-order valence-corrected chi connectivity index (χ0v) is 14.7. The van der Waals surface area contributed by atoms with Crippen LogP contribution in [0.15, 0.2) is 34.8 Å². The average Bonchev–Trinajstić information content (AvgIpc) is 2.98. The SMILES string of the molecule is CCNC(=O)/C=C/c1oc(-c2ccc(C(F)(F)F)cc2)c(C(=O)O)c1CC. The molecule has 1 heterocycles. The van der Waals surface area contributed by atoms with Crippen LogP contribution in [0.5, 0.6) is 0 Å². The second-order valence-corrected chi connectivity index (χ2v) is 5.61. The van der Waals surface area contributed by atoms with Gasteiger partial charge in [-0.05, 0) is 31.6 Å². The minimum Gasteiger partial charge on any atom is -0.478 e. The van der Waals surface area contributed by atoms with Crippen LogP contribution in [-0.4, -0.2) is 23.5 Å². The summed E-state index contributed by atoms with van der Waals surface area (Å²) >= 11 is 0. The summed E-state index contributed by atoms with van der Waals surface area (Å²) in [6, 6.07) is 4.04. The highest BCUT2D eigenvalue weighted by atomic mass is 19.4. The Kier molecular flexibility index (Phi) is 6.09. The Bertz CT molecular complexity index is 864. The number of likely N-dealkylation sites (N-methyl/N-ethyl adjacent to an activating group) is 1. The molecule has 1 amide bonds. The van der Waals surface area contributed by atoms with Crippen molar-refractivity contribution in [1.82, 2.24) is 5.32 Å². The molecule has 27 heavy (non-hydrogen) atoms. The molecule has 0 radical (unpaired) electrons. The number of carbonyl (C=O) groups is 2. The van der Waals surface area contributed by atoms with E-state index in [1.165, 1.54) is 12.2 Å². The molecular weight excluding hydrogens is 363 g/mol. The van der Waals surface area contributed by atoms with Gasteiger partial charge in [0.25, 0.3) is 0 Å². The number of alkyl halides is 3. The smallest absolute Gasteiger partial charge is 0.416 e. The van der Waals surface area contributed by atoms with E-state index in [0.717, 1.165) is 24.3 Å². The Balaban J connectivity index is 2.53. The summed E-state index contributed by atoms with van der Waals surface area (Å²) in [7, 11) is 0. The van der Waals surface area contributed by atoms with Gasteiger partial charge in [0.2, 0.25) is 5.91 Å². The Morgan fingerprint density at radius 1 is 1.19 bits per heavy atom. The van der Waals surface area contributed by atoms with Gasteiger partial charge in [-0.1, -0.05) is 19.1 Å².